The molecule has 0 unspecified atom stereocenters. The van der Waals surface area contributed by atoms with Crippen molar-refractivity contribution in [2.24, 2.45) is 0 Å². The average Bonchev–Trinajstić information content (AvgIpc) is 2.47. The van der Waals surface area contributed by atoms with Crippen LogP contribution in [-0.2, 0) is 0 Å². The number of carbonyl (C=O) groups is 2. The van der Waals surface area contributed by atoms with Gasteiger partial charge in [0.05, 0.1) is 7.11 Å². The van der Waals surface area contributed by atoms with Crippen LogP contribution in [0.4, 0.5) is 5.82 Å². The molecular weight excluding hydrogens is 262 g/mol. The maximum Gasteiger partial charge on any atom is 0.354 e. The normalized spacial score (nSPS) is 9.85. The molecule has 2 aromatic heterocycles. The van der Waals surface area contributed by atoms with Gasteiger partial charge in [0.25, 0.3) is 5.91 Å². The van der Waals surface area contributed by atoms with Gasteiger partial charge in [-0.2, -0.15) is 0 Å². The number of pyridine rings is 2. The van der Waals surface area contributed by atoms with Crippen molar-refractivity contribution in [3.63, 3.8) is 0 Å². The third-order valence-electron chi connectivity index (χ3n) is 2.42. The second-order valence-corrected chi connectivity index (χ2v) is 3.73. The molecule has 2 heterocycles. The van der Waals surface area contributed by atoms with Crippen molar-refractivity contribution >= 4 is 17.7 Å². The van der Waals surface area contributed by atoms with Crippen molar-refractivity contribution in [3.05, 3.63) is 47.8 Å². The van der Waals surface area contributed by atoms with Crippen molar-refractivity contribution in [2.75, 3.05) is 12.4 Å². The van der Waals surface area contributed by atoms with E-state index in [0.717, 1.165) is 0 Å². The van der Waals surface area contributed by atoms with Gasteiger partial charge in [0.2, 0.25) is 5.88 Å². The standard InChI is InChI=1S/C13H11N3O4/c1-20-12-8(4-3-7-14-12)11(17)16-10-6-2-5-9(15-10)13(18)19/h2-7H,1H3,(H,18,19)(H,15,16,17). The number of aromatic nitrogens is 2. The lowest BCUT2D eigenvalue weighted by atomic mass is 10.2. The number of hydrogen-bond acceptors (Lipinski definition) is 5. The van der Waals surface area contributed by atoms with E-state index in [1.54, 1.807) is 12.1 Å². The first-order valence-electron chi connectivity index (χ1n) is 5.62. The Morgan fingerprint density at radius 2 is 2.05 bits per heavy atom. The smallest absolute Gasteiger partial charge is 0.354 e. The number of ether oxygens (including phenoxy) is 1. The maximum atomic E-state index is 12.1. The van der Waals surface area contributed by atoms with E-state index in [2.05, 4.69) is 15.3 Å². The van der Waals surface area contributed by atoms with E-state index in [0.29, 0.717) is 0 Å². The Labute approximate surface area is 114 Å². The van der Waals surface area contributed by atoms with E-state index in [1.807, 2.05) is 0 Å². The van der Waals surface area contributed by atoms with Crippen LogP contribution < -0.4 is 10.1 Å². The van der Waals surface area contributed by atoms with Gasteiger partial charge in [-0.05, 0) is 24.3 Å². The summed E-state index contributed by atoms with van der Waals surface area (Å²) in [4.78, 5) is 30.6. The minimum atomic E-state index is -1.17. The molecule has 0 aromatic carbocycles. The molecule has 0 fully saturated rings. The first-order valence-corrected chi connectivity index (χ1v) is 5.62. The van der Waals surface area contributed by atoms with E-state index < -0.39 is 11.9 Å². The van der Waals surface area contributed by atoms with Gasteiger partial charge in [0.1, 0.15) is 11.4 Å². The lowest BCUT2D eigenvalue weighted by molar-refractivity contribution is 0.0690. The predicted molar refractivity (Wildman–Crippen MR) is 69.9 cm³/mol. The zero-order valence-corrected chi connectivity index (χ0v) is 10.5. The van der Waals surface area contributed by atoms with Crippen LogP contribution in [0, 0.1) is 0 Å². The summed E-state index contributed by atoms with van der Waals surface area (Å²) in [6, 6.07) is 7.46. The van der Waals surface area contributed by atoms with Crippen molar-refractivity contribution in [2.45, 2.75) is 0 Å². The van der Waals surface area contributed by atoms with Gasteiger partial charge in [-0.3, -0.25) is 4.79 Å². The van der Waals surface area contributed by atoms with Crippen molar-refractivity contribution in [3.8, 4) is 5.88 Å². The minimum Gasteiger partial charge on any atom is -0.480 e. The summed E-state index contributed by atoms with van der Waals surface area (Å²) >= 11 is 0. The number of nitrogens with one attached hydrogen (secondary N) is 1. The van der Waals surface area contributed by atoms with E-state index in [4.69, 9.17) is 9.84 Å². The molecule has 0 aliphatic heterocycles. The number of hydrogen-bond donors (Lipinski definition) is 2. The number of rotatable bonds is 4. The molecule has 2 N–H and O–H groups in total. The average molecular weight is 273 g/mol. The van der Waals surface area contributed by atoms with Gasteiger partial charge in [0.15, 0.2) is 5.69 Å². The third-order valence-corrected chi connectivity index (χ3v) is 2.42. The highest BCUT2D eigenvalue weighted by atomic mass is 16.5. The number of aromatic carboxylic acids is 1. The Morgan fingerprint density at radius 3 is 2.75 bits per heavy atom. The minimum absolute atomic E-state index is 0.140. The van der Waals surface area contributed by atoms with Crippen molar-refractivity contribution in [1.82, 2.24) is 9.97 Å². The number of amides is 1. The molecule has 0 aliphatic rings. The zero-order valence-electron chi connectivity index (χ0n) is 10.5. The van der Waals surface area contributed by atoms with Gasteiger partial charge in [0, 0.05) is 6.20 Å². The molecule has 7 nitrogen and oxygen atoms in total. The molecule has 0 atom stereocenters. The predicted octanol–water partition coefficient (Wildman–Crippen LogP) is 1.44. The van der Waals surface area contributed by atoms with E-state index in [-0.39, 0.29) is 23.0 Å². The van der Waals surface area contributed by atoms with Gasteiger partial charge >= 0.3 is 5.97 Å². The fraction of sp³-hybridized carbons (Fsp3) is 0.0769. The Kier molecular flexibility index (Phi) is 3.90. The van der Waals surface area contributed by atoms with Crippen LogP contribution in [0.25, 0.3) is 0 Å². The molecule has 1 amide bonds. The number of carboxylic acids is 1. The summed E-state index contributed by atoms with van der Waals surface area (Å²) in [5, 5.41) is 11.3. The molecular formula is C13H11N3O4. The monoisotopic (exact) mass is 273 g/mol. The van der Waals surface area contributed by atoms with Gasteiger partial charge < -0.3 is 15.2 Å². The van der Waals surface area contributed by atoms with Gasteiger partial charge in [-0.1, -0.05) is 6.07 Å². The molecule has 2 aromatic rings. The molecule has 102 valence electrons. The van der Waals surface area contributed by atoms with Crippen LogP contribution in [0.2, 0.25) is 0 Å². The van der Waals surface area contributed by atoms with Crippen molar-refractivity contribution in [1.29, 1.82) is 0 Å². The van der Waals surface area contributed by atoms with Crippen molar-refractivity contribution < 1.29 is 19.4 Å². The highest BCUT2D eigenvalue weighted by Crippen LogP contribution is 2.15. The largest absolute Gasteiger partial charge is 0.480 e. The first kappa shape index (κ1) is 13.5. The summed E-state index contributed by atoms with van der Waals surface area (Å²) in [6.07, 6.45) is 1.50. The molecule has 0 saturated carbocycles. The van der Waals surface area contributed by atoms with Gasteiger partial charge in [-0.15, -0.1) is 0 Å². The SMILES string of the molecule is COc1ncccc1C(=O)Nc1cccc(C(=O)O)n1. The lowest BCUT2D eigenvalue weighted by Gasteiger charge is -2.07. The van der Waals surface area contributed by atoms with Crippen LogP contribution >= 0.6 is 0 Å². The fourth-order valence-corrected chi connectivity index (χ4v) is 1.53. The number of nitrogens with zero attached hydrogens (tertiary/aromatic N) is 2. The lowest BCUT2D eigenvalue weighted by Crippen LogP contribution is -2.15. The maximum absolute atomic E-state index is 12.1. The fourth-order valence-electron chi connectivity index (χ4n) is 1.53. The molecule has 7 heteroatoms. The second-order valence-electron chi connectivity index (χ2n) is 3.73. The quantitative estimate of drug-likeness (QED) is 0.873. The van der Waals surface area contributed by atoms with E-state index in [9.17, 15) is 9.59 Å². The zero-order chi connectivity index (χ0) is 14.5. The Bertz CT molecular complexity index is 658. The summed E-state index contributed by atoms with van der Waals surface area (Å²) < 4.78 is 4.98. The summed E-state index contributed by atoms with van der Waals surface area (Å²) in [6.45, 7) is 0. The first-order chi connectivity index (χ1) is 9.61. The molecule has 0 bridgehead atoms. The topological polar surface area (TPSA) is 101 Å². The molecule has 0 saturated heterocycles. The van der Waals surface area contributed by atoms with Crippen LogP contribution in [0.3, 0.4) is 0 Å². The molecule has 20 heavy (non-hydrogen) atoms. The van der Waals surface area contributed by atoms with Crippen LogP contribution in [-0.4, -0.2) is 34.1 Å². The van der Waals surface area contributed by atoms with Crippen LogP contribution in [0.15, 0.2) is 36.5 Å². The number of carbonyl (C=O) groups excluding carboxylic acids is 1. The highest BCUT2D eigenvalue weighted by molar-refractivity contribution is 6.05. The molecule has 0 radical (unpaired) electrons. The third kappa shape index (κ3) is 2.89. The Morgan fingerprint density at radius 1 is 1.25 bits per heavy atom. The number of anilines is 1. The number of methoxy groups -OCH3 is 1. The van der Waals surface area contributed by atoms with Crippen LogP contribution in [0.1, 0.15) is 20.8 Å². The molecule has 0 aliphatic carbocycles. The second kappa shape index (κ2) is 5.79. The summed E-state index contributed by atoms with van der Waals surface area (Å²) in [5.41, 5.74) is 0.0819. The molecule has 0 spiro atoms. The summed E-state index contributed by atoms with van der Waals surface area (Å²) in [5.74, 6) is -1.33. The Balaban J connectivity index is 2.23. The van der Waals surface area contributed by atoms with Gasteiger partial charge in [-0.25, -0.2) is 14.8 Å². The molecule has 2 rings (SSSR count). The van der Waals surface area contributed by atoms with E-state index in [1.165, 1.54) is 31.5 Å². The van der Waals surface area contributed by atoms with E-state index >= 15 is 0 Å². The summed E-state index contributed by atoms with van der Waals surface area (Å²) in [7, 11) is 1.41. The Hall–Kier alpha value is -2.96. The number of carboxylic acid groups (broad SMARTS) is 1. The van der Waals surface area contributed by atoms with Crippen LogP contribution in [0.5, 0.6) is 5.88 Å². The highest BCUT2D eigenvalue weighted by Gasteiger charge is 2.14.